The highest BCUT2D eigenvalue weighted by Gasteiger charge is 2.41. The fourth-order valence-electron chi connectivity index (χ4n) is 1.71. The topological polar surface area (TPSA) is 50.4 Å². The molecule has 4 heteroatoms. The lowest BCUT2D eigenvalue weighted by Gasteiger charge is -2.30. The van der Waals surface area contributed by atoms with Crippen LogP contribution in [-0.4, -0.2) is 36.7 Å². The number of carbonyl (C=O) groups excluding carboxylic acids is 1. The Balaban J connectivity index is 1.89. The van der Waals surface area contributed by atoms with E-state index in [1.807, 2.05) is 6.92 Å². The summed E-state index contributed by atoms with van der Waals surface area (Å²) in [4.78, 5) is 11.8. The van der Waals surface area contributed by atoms with Crippen LogP contribution in [0.5, 0.6) is 0 Å². The largest absolute Gasteiger partial charge is 0.375 e. The van der Waals surface area contributed by atoms with Gasteiger partial charge in [-0.3, -0.25) is 4.79 Å². The lowest BCUT2D eigenvalue weighted by Crippen LogP contribution is -2.57. The molecular formula is C10H18N2O2. The molecule has 0 radical (unpaired) electrons. The van der Waals surface area contributed by atoms with Crippen LogP contribution in [0.3, 0.4) is 0 Å². The summed E-state index contributed by atoms with van der Waals surface area (Å²) in [6.45, 7) is 5.48. The zero-order valence-electron chi connectivity index (χ0n) is 8.80. The van der Waals surface area contributed by atoms with E-state index < -0.39 is 0 Å². The van der Waals surface area contributed by atoms with Crippen LogP contribution in [0.2, 0.25) is 0 Å². The first-order valence-corrected chi connectivity index (χ1v) is 5.28. The Kier molecular flexibility index (Phi) is 2.49. The molecular weight excluding hydrogens is 180 g/mol. The Morgan fingerprint density at radius 2 is 2.29 bits per heavy atom. The lowest BCUT2D eigenvalue weighted by molar-refractivity contribution is -0.129. The second kappa shape index (κ2) is 3.51. The summed E-state index contributed by atoms with van der Waals surface area (Å²) in [5, 5.41) is 6.23. The molecule has 80 valence electrons. The molecule has 0 aromatic carbocycles. The van der Waals surface area contributed by atoms with Gasteiger partial charge in [-0.25, -0.2) is 0 Å². The van der Waals surface area contributed by atoms with Crippen molar-refractivity contribution in [2.45, 2.75) is 44.4 Å². The molecule has 1 saturated heterocycles. The van der Waals surface area contributed by atoms with Gasteiger partial charge in [0.25, 0.3) is 0 Å². The molecule has 0 aromatic rings. The fourth-order valence-corrected chi connectivity index (χ4v) is 1.71. The minimum atomic E-state index is -0.179. The van der Waals surface area contributed by atoms with Gasteiger partial charge in [0.05, 0.1) is 12.7 Å². The highest BCUT2D eigenvalue weighted by Crippen LogP contribution is 2.34. The minimum absolute atomic E-state index is 0.0221. The second-order valence-corrected chi connectivity index (χ2v) is 4.56. The average Bonchev–Trinajstić information content (AvgIpc) is 2.84. The molecule has 0 spiro atoms. The summed E-state index contributed by atoms with van der Waals surface area (Å²) < 4.78 is 5.42. The third-order valence-corrected chi connectivity index (χ3v) is 3.02. The van der Waals surface area contributed by atoms with Gasteiger partial charge in [0, 0.05) is 12.1 Å². The van der Waals surface area contributed by atoms with Crippen molar-refractivity contribution in [1.29, 1.82) is 0 Å². The molecule has 2 unspecified atom stereocenters. The molecule has 1 heterocycles. The molecule has 0 aromatic heterocycles. The zero-order chi connectivity index (χ0) is 10.2. The molecule has 1 saturated carbocycles. The van der Waals surface area contributed by atoms with Crippen LogP contribution in [0.15, 0.2) is 0 Å². The van der Waals surface area contributed by atoms with E-state index in [2.05, 4.69) is 17.6 Å². The van der Waals surface area contributed by atoms with Gasteiger partial charge in [0.1, 0.15) is 6.04 Å². The van der Waals surface area contributed by atoms with E-state index in [0.29, 0.717) is 6.61 Å². The van der Waals surface area contributed by atoms with Gasteiger partial charge >= 0.3 is 0 Å². The van der Waals surface area contributed by atoms with E-state index >= 15 is 0 Å². The number of carbonyl (C=O) groups is 1. The van der Waals surface area contributed by atoms with Gasteiger partial charge in [-0.2, -0.15) is 0 Å². The summed E-state index contributed by atoms with van der Waals surface area (Å²) in [5.41, 5.74) is 0.0654. The van der Waals surface area contributed by atoms with Crippen LogP contribution < -0.4 is 10.6 Å². The van der Waals surface area contributed by atoms with E-state index in [1.54, 1.807) is 0 Å². The summed E-state index contributed by atoms with van der Waals surface area (Å²) in [5.74, 6) is 0.0807. The summed E-state index contributed by atoms with van der Waals surface area (Å²) >= 11 is 0. The molecule has 4 nitrogen and oxygen atoms in total. The standard InChI is InChI=1S/C10H18N2O2/c1-7-8(11-5-6-14-7)9(13)12-10(2)3-4-10/h7-8,11H,3-6H2,1-2H3,(H,12,13). The third-order valence-electron chi connectivity index (χ3n) is 3.02. The average molecular weight is 198 g/mol. The number of rotatable bonds is 2. The summed E-state index contributed by atoms with van der Waals surface area (Å²) in [6.07, 6.45) is 2.17. The molecule has 2 atom stereocenters. The van der Waals surface area contributed by atoms with Gasteiger partial charge in [-0.1, -0.05) is 0 Å². The first-order valence-electron chi connectivity index (χ1n) is 5.28. The highest BCUT2D eigenvalue weighted by molar-refractivity contribution is 5.83. The molecule has 0 bridgehead atoms. The van der Waals surface area contributed by atoms with Crippen molar-refractivity contribution < 1.29 is 9.53 Å². The van der Waals surface area contributed by atoms with E-state index in [9.17, 15) is 4.79 Å². The molecule has 1 amide bonds. The maximum Gasteiger partial charge on any atom is 0.240 e. The Bertz CT molecular complexity index is 238. The number of ether oxygens (including phenoxy) is 1. The van der Waals surface area contributed by atoms with Gasteiger partial charge in [0.2, 0.25) is 5.91 Å². The number of morpholine rings is 1. The van der Waals surface area contributed by atoms with Crippen LogP contribution in [0.25, 0.3) is 0 Å². The van der Waals surface area contributed by atoms with Crippen molar-refractivity contribution in [1.82, 2.24) is 10.6 Å². The fraction of sp³-hybridized carbons (Fsp3) is 0.900. The van der Waals surface area contributed by atoms with Crippen LogP contribution >= 0.6 is 0 Å². The predicted octanol–water partition coefficient (Wildman–Crippen LogP) is 0.0320. The van der Waals surface area contributed by atoms with Gasteiger partial charge < -0.3 is 15.4 Å². The van der Waals surface area contributed by atoms with E-state index in [4.69, 9.17) is 4.74 Å². The van der Waals surface area contributed by atoms with E-state index in [0.717, 1.165) is 19.4 Å². The number of nitrogens with one attached hydrogen (secondary N) is 2. The molecule has 1 aliphatic carbocycles. The maximum absolute atomic E-state index is 11.8. The first kappa shape index (κ1) is 9.93. The van der Waals surface area contributed by atoms with Crippen molar-refractivity contribution in [3.8, 4) is 0 Å². The maximum atomic E-state index is 11.8. The normalized spacial score (nSPS) is 35.0. The first-order chi connectivity index (χ1) is 6.61. The Morgan fingerprint density at radius 1 is 1.57 bits per heavy atom. The SMILES string of the molecule is CC1OCCNC1C(=O)NC1(C)CC1. The molecule has 2 rings (SSSR count). The van der Waals surface area contributed by atoms with E-state index in [1.165, 1.54) is 0 Å². The molecule has 1 aliphatic heterocycles. The Labute approximate surface area is 84.4 Å². The molecule has 2 fully saturated rings. The van der Waals surface area contributed by atoms with E-state index in [-0.39, 0.29) is 23.6 Å². The minimum Gasteiger partial charge on any atom is -0.375 e. The van der Waals surface area contributed by atoms with Crippen LogP contribution in [-0.2, 0) is 9.53 Å². The lowest BCUT2D eigenvalue weighted by atomic mass is 10.1. The summed E-state index contributed by atoms with van der Waals surface area (Å²) in [7, 11) is 0. The Morgan fingerprint density at radius 3 is 2.86 bits per heavy atom. The molecule has 2 N–H and O–H groups in total. The van der Waals surface area contributed by atoms with Crippen LogP contribution in [0.1, 0.15) is 26.7 Å². The monoisotopic (exact) mass is 198 g/mol. The molecule has 14 heavy (non-hydrogen) atoms. The third kappa shape index (κ3) is 2.07. The van der Waals surface area contributed by atoms with Crippen LogP contribution in [0.4, 0.5) is 0 Å². The van der Waals surface area contributed by atoms with Gasteiger partial charge in [0.15, 0.2) is 0 Å². The number of amides is 1. The highest BCUT2D eigenvalue weighted by atomic mass is 16.5. The van der Waals surface area contributed by atoms with Crippen molar-refractivity contribution in [2.24, 2.45) is 0 Å². The molecule has 2 aliphatic rings. The number of hydrogen-bond donors (Lipinski definition) is 2. The quantitative estimate of drug-likeness (QED) is 0.658. The zero-order valence-corrected chi connectivity index (χ0v) is 8.80. The van der Waals surface area contributed by atoms with Crippen molar-refractivity contribution >= 4 is 5.91 Å². The summed E-state index contributed by atoms with van der Waals surface area (Å²) in [6, 6.07) is -0.179. The van der Waals surface area contributed by atoms with Crippen LogP contribution in [0, 0.1) is 0 Å². The number of hydrogen-bond acceptors (Lipinski definition) is 3. The van der Waals surface area contributed by atoms with Gasteiger partial charge in [-0.15, -0.1) is 0 Å². The van der Waals surface area contributed by atoms with Crippen molar-refractivity contribution in [3.05, 3.63) is 0 Å². The van der Waals surface area contributed by atoms with Crippen molar-refractivity contribution in [3.63, 3.8) is 0 Å². The smallest absolute Gasteiger partial charge is 0.240 e. The predicted molar refractivity (Wildman–Crippen MR) is 53.0 cm³/mol. The van der Waals surface area contributed by atoms with Crippen molar-refractivity contribution in [2.75, 3.05) is 13.2 Å². The Hall–Kier alpha value is -0.610. The van der Waals surface area contributed by atoms with Gasteiger partial charge in [-0.05, 0) is 26.7 Å². The second-order valence-electron chi connectivity index (χ2n) is 4.56.